The van der Waals surface area contributed by atoms with Gasteiger partial charge in [0.15, 0.2) is 17.5 Å². The molecule has 8 heteroatoms. The van der Waals surface area contributed by atoms with E-state index in [0.717, 1.165) is 16.5 Å². The summed E-state index contributed by atoms with van der Waals surface area (Å²) < 4.78 is 0. The van der Waals surface area contributed by atoms with E-state index in [9.17, 15) is 0 Å². The Bertz CT molecular complexity index is 935. The fraction of sp³-hybridized carbons (Fsp3) is 0.0588. The Labute approximate surface area is 144 Å². The molecule has 8 nitrogen and oxygen atoms in total. The molecule has 0 amide bonds. The van der Waals surface area contributed by atoms with Gasteiger partial charge in [-0.15, -0.1) is 0 Å². The van der Waals surface area contributed by atoms with Gasteiger partial charge in [0, 0.05) is 18.1 Å². The van der Waals surface area contributed by atoms with Crippen LogP contribution >= 0.6 is 0 Å². The van der Waals surface area contributed by atoms with Crippen LogP contribution in [0.1, 0.15) is 5.56 Å². The Hall–Kier alpha value is -3.68. The summed E-state index contributed by atoms with van der Waals surface area (Å²) in [6.45, 7) is 0.535. The molecule has 0 spiro atoms. The van der Waals surface area contributed by atoms with E-state index in [1.807, 2.05) is 24.3 Å². The van der Waals surface area contributed by atoms with Crippen LogP contribution in [0.25, 0.3) is 10.9 Å². The number of fused-ring (bicyclic) bond motifs is 1. The van der Waals surface area contributed by atoms with Crippen LogP contribution in [0.5, 0.6) is 0 Å². The molecule has 0 unspecified atom stereocenters. The van der Waals surface area contributed by atoms with Crippen molar-refractivity contribution >= 4 is 34.2 Å². The third kappa shape index (κ3) is 3.99. The van der Waals surface area contributed by atoms with Crippen LogP contribution in [0.15, 0.2) is 55.0 Å². The largest absolute Gasteiger partial charge is 0.404 e. The minimum absolute atomic E-state index is 0.106. The van der Waals surface area contributed by atoms with Gasteiger partial charge in [-0.3, -0.25) is 10.4 Å². The van der Waals surface area contributed by atoms with Gasteiger partial charge in [0.25, 0.3) is 0 Å². The fourth-order valence-electron chi connectivity index (χ4n) is 2.29. The van der Waals surface area contributed by atoms with Crippen LogP contribution in [-0.2, 0) is 6.54 Å². The molecule has 1 aromatic carbocycles. The summed E-state index contributed by atoms with van der Waals surface area (Å²) in [5, 5.41) is 14.7. The third-order valence-electron chi connectivity index (χ3n) is 3.45. The molecule has 2 aromatic heterocycles. The van der Waals surface area contributed by atoms with Crippen molar-refractivity contribution in [2.75, 3.05) is 16.4 Å². The van der Waals surface area contributed by atoms with E-state index in [1.54, 1.807) is 6.20 Å². The number of nitrogens with two attached hydrogens (primary N) is 2. The lowest BCUT2D eigenvalue weighted by molar-refractivity contribution is 1.10. The van der Waals surface area contributed by atoms with Gasteiger partial charge in [0.05, 0.1) is 11.7 Å². The van der Waals surface area contributed by atoms with Gasteiger partial charge in [-0.25, -0.2) is 9.97 Å². The second kappa shape index (κ2) is 7.26. The van der Waals surface area contributed by atoms with E-state index in [4.69, 9.17) is 16.9 Å². The molecule has 3 aromatic rings. The number of nitrogen functional groups attached to an aromatic ring is 1. The highest BCUT2D eigenvalue weighted by molar-refractivity contribution is 6.00. The maximum Gasteiger partial charge on any atom is 0.171 e. The predicted molar refractivity (Wildman–Crippen MR) is 100 cm³/mol. The molecule has 0 fully saturated rings. The molecule has 7 N–H and O–H groups in total. The van der Waals surface area contributed by atoms with Gasteiger partial charge in [0.1, 0.15) is 5.84 Å². The molecular formula is C17H18N8. The zero-order chi connectivity index (χ0) is 17.6. The summed E-state index contributed by atoms with van der Waals surface area (Å²) in [5.41, 5.74) is 13.1. The molecule has 126 valence electrons. The summed E-state index contributed by atoms with van der Waals surface area (Å²) in [6, 6.07) is 9.95. The zero-order valence-electron chi connectivity index (χ0n) is 13.4. The van der Waals surface area contributed by atoms with Gasteiger partial charge in [-0.1, -0.05) is 12.1 Å². The highest BCUT2D eigenvalue weighted by atomic mass is 15.1. The van der Waals surface area contributed by atoms with Crippen LogP contribution in [0.4, 0.5) is 17.5 Å². The quantitative estimate of drug-likeness (QED) is 0.355. The molecule has 0 atom stereocenters. The molecule has 3 rings (SSSR count). The van der Waals surface area contributed by atoms with E-state index in [-0.39, 0.29) is 11.7 Å². The SMILES string of the molecule is N=C(/C=C\N)Nc1cnc(N)c(NCc2ccc3ncccc3c2)n1. The van der Waals surface area contributed by atoms with E-state index in [1.165, 1.54) is 18.5 Å². The highest BCUT2D eigenvalue weighted by Gasteiger charge is 2.06. The molecule has 0 aliphatic heterocycles. The monoisotopic (exact) mass is 334 g/mol. The van der Waals surface area contributed by atoms with E-state index < -0.39 is 0 Å². The minimum atomic E-state index is 0.106. The average Bonchev–Trinajstić information content (AvgIpc) is 2.62. The van der Waals surface area contributed by atoms with Crippen LogP contribution in [0.3, 0.4) is 0 Å². The standard InChI is InChI=1S/C17H18N8/c18-6-5-14(19)24-15-10-22-16(20)17(25-15)23-9-11-3-4-13-12(8-11)2-1-7-21-13/h1-8,10H,9,18H2,(H2,20,22)(H3,19,23,24,25)/b6-5-. The van der Waals surface area contributed by atoms with E-state index >= 15 is 0 Å². The Morgan fingerprint density at radius 1 is 1.24 bits per heavy atom. The smallest absolute Gasteiger partial charge is 0.171 e. The van der Waals surface area contributed by atoms with E-state index in [2.05, 4.69) is 31.7 Å². The highest BCUT2D eigenvalue weighted by Crippen LogP contribution is 2.18. The van der Waals surface area contributed by atoms with Crippen molar-refractivity contribution in [2.24, 2.45) is 5.73 Å². The van der Waals surface area contributed by atoms with Crippen molar-refractivity contribution in [2.45, 2.75) is 6.54 Å². The minimum Gasteiger partial charge on any atom is -0.404 e. The number of aromatic nitrogens is 3. The molecule has 0 saturated carbocycles. The second-order valence-electron chi connectivity index (χ2n) is 5.27. The number of amidine groups is 1. The summed E-state index contributed by atoms with van der Waals surface area (Å²) >= 11 is 0. The maximum atomic E-state index is 7.66. The first-order chi connectivity index (χ1) is 12.2. The summed E-state index contributed by atoms with van der Waals surface area (Å²) in [7, 11) is 0. The zero-order valence-corrected chi connectivity index (χ0v) is 13.4. The Balaban J connectivity index is 1.74. The van der Waals surface area contributed by atoms with Gasteiger partial charge in [0.2, 0.25) is 0 Å². The van der Waals surface area contributed by atoms with Crippen LogP contribution in [0, 0.1) is 5.41 Å². The molecule has 0 aliphatic carbocycles. The summed E-state index contributed by atoms with van der Waals surface area (Å²) in [6.07, 6.45) is 5.91. The van der Waals surface area contributed by atoms with Gasteiger partial charge in [-0.2, -0.15) is 0 Å². The molecule has 25 heavy (non-hydrogen) atoms. The molecule has 0 aliphatic rings. The Morgan fingerprint density at radius 2 is 2.12 bits per heavy atom. The van der Waals surface area contributed by atoms with Crippen molar-refractivity contribution in [3.63, 3.8) is 0 Å². The number of nitrogens with one attached hydrogen (secondary N) is 3. The maximum absolute atomic E-state index is 7.66. The molecule has 2 heterocycles. The number of anilines is 3. The second-order valence-corrected chi connectivity index (χ2v) is 5.27. The third-order valence-corrected chi connectivity index (χ3v) is 3.45. The first-order valence-electron chi connectivity index (χ1n) is 7.59. The van der Waals surface area contributed by atoms with Gasteiger partial charge in [-0.05, 0) is 36.0 Å². The topological polar surface area (TPSA) is 139 Å². The lowest BCUT2D eigenvalue weighted by atomic mass is 10.1. The predicted octanol–water partition coefficient (Wildman–Crippen LogP) is 2.08. The number of pyridine rings is 1. The van der Waals surface area contributed by atoms with Gasteiger partial charge >= 0.3 is 0 Å². The van der Waals surface area contributed by atoms with Crippen molar-refractivity contribution < 1.29 is 0 Å². The first-order valence-corrected chi connectivity index (χ1v) is 7.59. The van der Waals surface area contributed by atoms with Crippen LogP contribution in [0.2, 0.25) is 0 Å². The van der Waals surface area contributed by atoms with E-state index in [0.29, 0.717) is 18.2 Å². The number of hydrogen-bond donors (Lipinski definition) is 5. The van der Waals surface area contributed by atoms with Crippen molar-refractivity contribution in [3.05, 3.63) is 60.6 Å². The van der Waals surface area contributed by atoms with Crippen molar-refractivity contribution in [3.8, 4) is 0 Å². The molecule has 0 bridgehead atoms. The summed E-state index contributed by atoms with van der Waals surface area (Å²) in [5.74, 6) is 1.24. The lowest BCUT2D eigenvalue weighted by Gasteiger charge is -2.10. The number of nitrogens with zero attached hydrogens (tertiary/aromatic N) is 3. The molecular weight excluding hydrogens is 316 g/mol. The van der Waals surface area contributed by atoms with Gasteiger partial charge < -0.3 is 22.1 Å². The first kappa shape index (κ1) is 16.2. The van der Waals surface area contributed by atoms with Crippen molar-refractivity contribution in [1.29, 1.82) is 5.41 Å². The number of hydrogen-bond acceptors (Lipinski definition) is 7. The lowest BCUT2D eigenvalue weighted by Crippen LogP contribution is -2.12. The number of rotatable bonds is 5. The molecule has 0 radical (unpaired) electrons. The average molecular weight is 334 g/mol. The van der Waals surface area contributed by atoms with Crippen LogP contribution in [-0.4, -0.2) is 20.8 Å². The Morgan fingerprint density at radius 3 is 2.96 bits per heavy atom. The van der Waals surface area contributed by atoms with Crippen molar-refractivity contribution in [1.82, 2.24) is 15.0 Å². The number of benzene rings is 1. The Kier molecular flexibility index (Phi) is 4.70. The fourth-order valence-corrected chi connectivity index (χ4v) is 2.29. The summed E-state index contributed by atoms with van der Waals surface area (Å²) in [4.78, 5) is 12.7. The molecule has 0 saturated heterocycles. The normalized spacial score (nSPS) is 10.9. The van der Waals surface area contributed by atoms with Crippen LogP contribution < -0.4 is 22.1 Å².